The molecule has 0 N–H and O–H groups in total. The van der Waals surface area contributed by atoms with Crippen molar-refractivity contribution in [3.05, 3.63) is 54.0 Å². The molecule has 0 saturated heterocycles. The van der Waals surface area contributed by atoms with Gasteiger partial charge in [-0.2, -0.15) is 0 Å². The molecule has 0 atom stereocenters. The van der Waals surface area contributed by atoms with E-state index in [2.05, 4.69) is 31.2 Å². The summed E-state index contributed by atoms with van der Waals surface area (Å²) in [7, 11) is 0. The van der Waals surface area contributed by atoms with Crippen molar-refractivity contribution in [1.29, 1.82) is 0 Å². The molecular formula is C9H7. The Hall–Kier alpha value is -1.04. The highest BCUT2D eigenvalue weighted by molar-refractivity contribution is 5.64. The van der Waals surface area contributed by atoms with Crippen LogP contribution in [0.4, 0.5) is 0 Å². The van der Waals surface area contributed by atoms with Gasteiger partial charge in [0.1, 0.15) is 0 Å². The Balaban J connectivity index is 2.53. The van der Waals surface area contributed by atoms with E-state index in [0.29, 0.717) is 0 Å². The van der Waals surface area contributed by atoms with Gasteiger partial charge in [0, 0.05) is 0 Å². The van der Waals surface area contributed by atoms with E-state index in [1.165, 1.54) is 11.1 Å². The number of allylic oxidation sites excluding steroid dienone is 8. The second kappa shape index (κ2) is 1.47. The van der Waals surface area contributed by atoms with Crippen molar-refractivity contribution in [2.45, 2.75) is 0 Å². The van der Waals surface area contributed by atoms with Crippen molar-refractivity contribution in [3.63, 3.8) is 0 Å². The second-order valence-electron chi connectivity index (χ2n) is 2.25. The molecule has 1 radical (unpaired) electrons. The van der Waals surface area contributed by atoms with Gasteiger partial charge in [0.15, 0.2) is 0 Å². The van der Waals surface area contributed by atoms with Crippen LogP contribution in [0.25, 0.3) is 0 Å². The van der Waals surface area contributed by atoms with Crippen LogP contribution in [0.1, 0.15) is 0 Å². The van der Waals surface area contributed by atoms with Crippen LogP contribution in [0.15, 0.2) is 47.1 Å². The first kappa shape index (κ1) is 4.80. The van der Waals surface area contributed by atoms with Gasteiger partial charge in [-0.1, -0.05) is 30.4 Å². The smallest absolute Gasteiger partial charge is 0.0152 e. The minimum absolute atomic E-state index is 1.13. The van der Waals surface area contributed by atoms with Crippen LogP contribution in [-0.2, 0) is 0 Å². The Morgan fingerprint density at radius 3 is 2.78 bits per heavy atom. The number of hydrogen-bond acceptors (Lipinski definition) is 0. The average Bonchev–Trinajstić information content (AvgIpc) is 2.35. The summed E-state index contributed by atoms with van der Waals surface area (Å²) in [6, 6.07) is 0. The van der Waals surface area contributed by atoms with Crippen molar-refractivity contribution in [2.75, 3.05) is 0 Å². The Morgan fingerprint density at radius 1 is 1.11 bits per heavy atom. The van der Waals surface area contributed by atoms with Crippen LogP contribution in [0.5, 0.6) is 0 Å². The molecule has 43 valence electrons. The minimum atomic E-state index is 1.13. The molecule has 0 fully saturated rings. The summed E-state index contributed by atoms with van der Waals surface area (Å²) in [6.45, 7) is 3.88. The lowest BCUT2D eigenvalue weighted by Gasteiger charge is -1.94. The largest absolute Gasteiger partial charge is 0.0610 e. The molecule has 0 aliphatic heterocycles. The number of hydrogen-bond donors (Lipinski definition) is 0. The average molecular weight is 115 g/mol. The highest BCUT2D eigenvalue weighted by atomic mass is 14.2. The molecule has 0 amide bonds. The van der Waals surface area contributed by atoms with Crippen LogP contribution in [0.2, 0.25) is 0 Å². The molecule has 0 aromatic carbocycles. The SMILES string of the molecule is [CH2]C1=CC=C2C=CC=C12. The third kappa shape index (κ3) is 0.531. The fourth-order valence-electron chi connectivity index (χ4n) is 1.15. The summed E-state index contributed by atoms with van der Waals surface area (Å²) in [6.07, 6.45) is 10.4. The summed E-state index contributed by atoms with van der Waals surface area (Å²) in [5.41, 5.74) is 3.73. The molecule has 9 heavy (non-hydrogen) atoms. The first-order chi connectivity index (χ1) is 4.38. The fourth-order valence-corrected chi connectivity index (χ4v) is 1.15. The van der Waals surface area contributed by atoms with E-state index in [0.717, 1.165) is 5.57 Å². The zero-order chi connectivity index (χ0) is 6.27. The second-order valence-corrected chi connectivity index (χ2v) is 2.25. The van der Waals surface area contributed by atoms with Gasteiger partial charge in [-0.25, -0.2) is 0 Å². The van der Waals surface area contributed by atoms with Crippen molar-refractivity contribution in [1.82, 2.24) is 0 Å². The maximum Gasteiger partial charge on any atom is -0.0152 e. The molecule has 0 unspecified atom stereocenters. The Morgan fingerprint density at radius 2 is 2.00 bits per heavy atom. The number of rotatable bonds is 0. The molecule has 2 aliphatic carbocycles. The van der Waals surface area contributed by atoms with Gasteiger partial charge >= 0.3 is 0 Å². The van der Waals surface area contributed by atoms with Gasteiger partial charge in [0.2, 0.25) is 0 Å². The van der Waals surface area contributed by atoms with E-state index in [1.807, 2.05) is 6.08 Å². The van der Waals surface area contributed by atoms with E-state index < -0.39 is 0 Å². The maximum atomic E-state index is 3.88. The predicted molar refractivity (Wildman–Crippen MR) is 38.7 cm³/mol. The summed E-state index contributed by atoms with van der Waals surface area (Å²) in [5.74, 6) is 0. The molecule has 0 aromatic heterocycles. The Kier molecular flexibility index (Phi) is 0.786. The van der Waals surface area contributed by atoms with E-state index in [1.54, 1.807) is 0 Å². The van der Waals surface area contributed by atoms with Gasteiger partial charge in [-0.3, -0.25) is 0 Å². The zero-order valence-corrected chi connectivity index (χ0v) is 5.09. The van der Waals surface area contributed by atoms with Crippen LogP contribution in [0, 0.1) is 6.92 Å². The van der Waals surface area contributed by atoms with Crippen LogP contribution >= 0.6 is 0 Å². The highest BCUT2D eigenvalue weighted by Crippen LogP contribution is 2.29. The van der Waals surface area contributed by atoms with E-state index in [9.17, 15) is 0 Å². The highest BCUT2D eigenvalue weighted by Gasteiger charge is 2.11. The van der Waals surface area contributed by atoms with E-state index in [4.69, 9.17) is 0 Å². The zero-order valence-electron chi connectivity index (χ0n) is 5.09. The monoisotopic (exact) mass is 115 g/mol. The molecular weight excluding hydrogens is 108 g/mol. The molecule has 0 heteroatoms. The first-order valence-electron chi connectivity index (χ1n) is 3.01. The molecule has 0 bridgehead atoms. The lowest BCUT2D eigenvalue weighted by molar-refractivity contribution is 1.58. The summed E-state index contributed by atoms with van der Waals surface area (Å²) in [4.78, 5) is 0. The van der Waals surface area contributed by atoms with E-state index >= 15 is 0 Å². The van der Waals surface area contributed by atoms with Crippen molar-refractivity contribution >= 4 is 0 Å². The maximum absolute atomic E-state index is 3.88. The van der Waals surface area contributed by atoms with Crippen LogP contribution in [0.3, 0.4) is 0 Å². The molecule has 0 heterocycles. The van der Waals surface area contributed by atoms with Gasteiger partial charge in [-0.15, -0.1) is 0 Å². The molecule has 2 rings (SSSR count). The van der Waals surface area contributed by atoms with Gasteiger partial charge < -0.3 is 0 Å². The minimum Gasteiger partial charge on any atom is -0.0610 e. The van der Waals surface area contributed by atoms with Crippen LogP contribution in [-0.4, -0.2) is 0 Å². The van der Waals surface area contributed by atoms with Crippen LogP contribution < -0.4 is 0 Å². The lowest BCUT2D eigenvalue weighted by Crippen LogP contribution is -1.76. The van der Waals surface area contributed by atoms with Gasteiger partial charge in [0.25, 0.3) is 0 Å². The molecule has 0 spiro atoms. The summed E-state index contributed by atoms with van der Waals surface area (Å²) in [5, 5.41) is 0. The van der Waals surface area contributed by atoms with Crippen molar-refractivity contribution < 1.29 is 0 Å². The number of fused-ring (bicyclic) bond motifs is 1. The standard InChI is InChI=1S/C9H7/c1-7-5-6-8-3-2-4-9(7)8/h2-6H,1H2. The van der Waals surface area contributed by atoms with E-state index in [-0.39, 0.29) is 0 Å². The predicted octanol–water partition coefficient (Wildman–Crippen LogP) is 2.18. The third-order valence-corrected chi connectivity index (χ3v) is 1.66. The van der Waals surface area contributed by atoms with Crippen molar-refractivity contribution in [2.24, 2.45) is 0 Å². The molecule has 0 saturated carbocycles. The quantitative estimate of drug-likeness (QED) is 0.454. The normalized spacial score (nSPS) is 21.2. The fraction of sp³-hybridized carbons (Fsp3) is 0. The lowest BCUT2D eigenvalue weighted by atomic mass is 10.1. The molecule has 2 aliphatic rings. The Labute approximate surface area is 54.9 Å². The van der Waals surface area contributed by atoms with Gasteiger partial charge in [-0.05, 0) is 23.6 Å². The van der Waals surface area contributed by atoms with Crippen molar-refractivity contribution in [3.8, 4) is 0 Å². The first-order valence-corrected chi connectivity index (χ1v) is 3.01. The topological polar surface area (TPSA) is 0 Å². The van der Waals surface area contributed by atoms with Gasteiger partial charge in [0.05, 0.1) is 0 Å². The third-order valence-electron chi connectivity index (χ3n) is 1.66. The molecule has 0 aromatic rings. The summed E-state index contributed by atoms with van der Waals surface area (Å²) >= 11 is 0. The Bertz CT molecular complexity index is 260. The summed E-state index contributed by atoms with van der Waals surface area (Å²) < 4.78 is 0. The molecule has 0 nitrogen and oxygen atoms in total.